The number of nitrogens with one attached hydrogen (secondary N) is 2. The number of carbonyl (C=O) groups is 3. The molecule has 30 heavy (non-hydrogen) atoms. The Morgan fingerprint density at radius 2 is 1.97 bits per heavy atom. The number of hydrogen-bond donors (Lipinski definition) is 4. The molecule has 0 spiro atoms. The van der Waals surface area contributed by atoms with Crippen LogP contribution in [0.3, 0.4) is 0 Å². The van der Waals surface area contributed by atoms with Crippen molar-refractivity contribution >= 4 is 29.1 Å². The molecule has 0 fully saturated rings. The first-order valence-electron chi connectivity index (χ1n) is 9.55. The monoisotopic (exact) mass is 433 g/mol. The molecule has 0 aliphatic heterocycles. The van der Waals surface area contributed by atoms with E-state index >= 15 is 0 Å². The molecule has 0 saturated heterocycles. The minimum Gasteiger partial charge on any atom is -0.507 e. The van der Waals surface area contributed by atoms with Gasteiger partial charge in [0.05, 0.1) is 31.2 Å². The summed E-state index contributed by atoms with van der Waals surface area (Å²) in [7, 11) is 0. The SMILES string of the molecule is CCOC(=O)C[C@H](NC(=O)CNC(=O)c1cscc1CN)c1cc(C)cc(C)c1O. The van der Waals surface area contributed by atoms with E-state index in [1.807, 2.05) is 6.92 Å². The standard InChI is InChI=1S/C21H27N3O5S/c1-4-29-19(26)7-17(15-6-12(2)5-13(3)20(15)27)24-18(25)9-23-21(28)16-11-30-10-14(16)8-22/h5-6,10-11,17,27H,4,7-9,22H2,1-3H3,(H,23,28)(H,24,25)/t17-/m0/s1. The molecule has 5 N–H and O–H groups in total. The molecule has 0 aliphatic rings. The van der Waals surface area contributed by atoms with Gasteiger partial charge in [0.2, 0.25) is 5.91 Å². The molecule has 162 valence electrons. The van der Waals surface area contributed by atoms with Gasteiger partial charge in [-0.15, -0.1) is 0 Å². The predicted molar refractivity (Wildman–Crippen MR) is 114 cm³/mol. The summed E-state index contributed by atoms with van der Waals surface area (Å²) >= 11 is 1.36. The molecule has 0 unspecified atom stereocenters. The molecule has 2 amide bonds. The maximum absolute atomic E-state index is 12.5. The Morgan fingerprint density at radius 1 is 1.23 bits per heavy atom. The summed E-state index contributed by atoms with van der Waals surface area (Å²) in [5.74, 6) is -1.40. The quantitative estimate of drug-likeness (QED) is 0.448. The van der Waals surface area contributed by atoms with Crippen molar-refractivity contribution < 1.29 is 24.2 Å². The smallest absolute Gasteiger partial charge is 0.308 e. The molecule has 1 aromatic heterocycles. The van der Waals surface area contributed by atoms with Crippen molar-refractivity contribution in [1.82, 2.24) is 10.6 Å². The lowest BCUT2D eigenvalue weighted by Gasteiger charge is -2.21. The van der Waals surface area contributed by atoms with Crippen molar-refractivity contribution in [2.45, 2.75) is 39.8 Å². The zero-order valence-corrected chi connectivity index (χ0v) is 18.1. The van der Waals surface area contributed by atoms with Crippen LogP contribution in [0.5, 0.6) is 5.75 Å². The molecule has 1 heterocycles. The van der Waals surface area contributed by atoms with Crippen LogP contribution in [-0.4, -0.2) is 36.0 Å². The summed E-state index contributed by atoms with van der Waals surface area (Å²) in [5, 5.41) is 19.2. The number of rotatable bonds is 9. The number of phenolic OH excluding ortho intramolecular Hbond substituents is 1. The molecule has 0 bridgehead atoms. The number of aryl methyl sites for hydroxylation is 2. The van der Waals surface area contributed by atoms with Crippen LogP contribution in [-0.2, 0) is 20.9 Å². The van der Waals surface area contributed by atoms with Crippen molar-refractivity contribution in [2.75, 3.05) is 13.2 Å². The zero-order valence-electron chi connectivity index (χ0n) is 17.3. The van der Waals surface area contributed by atoms with Gasteiger partial charge in [0, 0.05) is 17.5 Å². The second-order valence-electron chi connectivity index (χ2n) is 6.85. The number of esters is 1. The highest BCUT2D eigenvalue weighted by atomic mass is 32.1. The van der Waals surface area contributed by atoms with E-state index in [0.717, 1.165) is 5.56 Å². The fraction of sp³-hybridized carbons (Fsp3) is 0.381. The molecular weight excluding hydrogens is 406 g/mol. The van der Waals surface area contributed by atoms with Gasteiger partial charge in [-0.3, -0.25) is 14.4 Å². The van der Waals surface area contributed by atoms with E-state index in [-0.39, 0.29) is 31.9 Å². The lowest BCUT2D eigenvalue weighted by molar-refractivity contribution is -0.143. The summed E-state index contributed by atoms with van der Waals surface area (Å²) < 4.78 is 5.00. The van der Waals surface area contributed by atoms with E-state index < -0.39 is 23.8 Å². The van der Waals surface area contributed by atoms with Gasteiger partial charge >= 0.3 is 5.97 Å². The van der Waals surface area contributed by atoms with Crippen LogP contribution < -0.4 is 16.4 Å². The summed E-state index contributed by atoms with van der Waals surface area (Å²) in [5.41, 5.74) is 8.68. The number of ether oxygens (including phenoxy) is 1. The van der Waals surface area contributed by atoms with E-state index in [1.165, 1.54) is 11.3 Å². The number of phenols is 1. The third-order valence-electron chi connectivity index (χ3n) is 4.48. The van der Waals surface area contributed by atoms with E-state index in [0.29, 0.717) is 22.3 Å². The number of aromatic hydroxyl groups is 1. The summed E-state index contributed by atoms with van der Waals surface area (Å²) in [6.45, 7) is 5.43. The second kappa shape index (κ2) is 10.7. The van der Waals surface area contributed by atoms with Crippen molar-refractivity contribution in [3.8, 4) is 5.75 Å². The first-order chi connectivity index (χ1) is 14.3. The van der Waals surface area contributed by atoms with Gasteiger partial charge in [0.15, 0.2) is 0 Å². The lowest BCUT2D eigenvalue weighted by atomic mass is 9.97. The maximum Gasteiger partial charge on any atom is 0.308 e. The second-order valence-corrected chi connectivity index (χ2v) is 7.59. The van der Waals surface area contributed by atoms with E-state index in [4.69, 9.17) is 10.5 Å². The number of hydrogen-bond acceptors (Lipinski definition) is 7. The van der Waals surface area contributed by atoms with E-state index in [9.17, 15) is 19.5 Å². The first kappa shape index (κ1) is 23.4. The van der Waals surface area contributed by atoms with Gasteiger partial charge in [-0.05, 0) is 37.3 Å². The van der Waals surface area contributed by atoms with Crippen LogP contribution >= 0.6 is 11.3 Å². The molecule has 8 nitrogen and oxygen atoms in total. The van der Waals surface area contributed by atoms with Gasteiger partial charge < -0.3 is 26.2 Å². The molecule has 2 aromatic rings. The summed E-state index contributed by atoms with van der Waals surface area (Å²) in [4.78, 5) is 36.8. The minimum atomic E-state index is -0.798. The van der Waals surface area contributed by atoms with Crippen LogP contribution in [0.2, 0.25) is 0 Å². The number of nitrogens with two attached hydrogens (primary N) is 1. The van der Waals surface area contributed by atoms with Crippen LogP contribution in [0.4, 0.5) is 0 Å². The molecular formula is C21H27N3O5S. The Balaban J connectivity index is 2.12. The van der Waals surface area contributed by atoms with Gasteiger partial charge in [-0.1, -0.05) is 17.7 Å². The molecule has 0 saturated carbocycles. The Kier molecular flexibility index (Phi) is 8.37. The van der Waals surface area contributed by atoms with Gasteiger partial charge in [-0.2, -0.15) is 11.3 Å². The molecule has 0 aliphatic carbocycles. The number of benzene rings is 1. The number of carbonyl (C=O) groups excluding carboxylic acids is 3. The average Bonchev–Trinajstić information content (AvgIpc) is 3.17. The highest BCUT2D eigenvalue weighted by Gasteiger charge is 2.23. The van der Waals surface area contributed by atoms with Crippen LogP contribution in [0, 0.1) is 13.8 Å². The number of thiophene rings is 1. The third kappa shape index (κ3) is 6.04. The lowest BCUT2D eigenvalue weighted by Crippen LogP contribution is -2.39. The van der Waals surface area contributed by atoms with Gasteiger partial charge in [-0.25, -0.2) is 0 Å². The topological polar surface area (TPSA) is 131 Å². The molecule has 1 aromatic carbocycles. The third-order valence-corrected chi connectivity index (χ3v) is 5.27. The fourth-order valence-electron chi connectivity index (χ4n) is 3.07. The summed E-state index contributed by atoms with van der Waals surface area (Å²) in [6, 6.07) is 2.72. The Labute approximate surface area is 179 Å². The van der Waals surface area contributed by atoms with Crippen LogP contribution in [0.1, 0.15) is 52.0 Å². The molecule has 2 rings (SSSR count). The first-order valence-corrected chi connectivity index (χ1v) is 10.5. The highest BCUT2D eigenvalue weighted by molar-refractivity contribution is 7.08. The van der Waals surface area contributed by atoms with Crippen molar-refractivity contribution in [3.63, 3.8) is 0 Å². The van der Waals surface area contributed by atoms with E-state index in [2.05, 4.69) is 10.6 Å². The average molecular weight is 434 g/mol. The Morgan fingerprint density at radius 3 is 2.63 bits per heavy atom. The van der Waals surface area contributed by atoms with Crippen LogP contribution in [0.15, 0.2) is 22.9 Å². The molecule has 9 heteroatoms. The minimum absolute atomic E-state index is 0.00472. The Hall–Kier alpha value is -2.91. The number of amides is 2. The maximum atomic E-state index is 12.5. The zero-order chi connectivity index (χ0) is 22.3. The van der Waals surface area contributed by atoms with Crippen LogP contribution in [0.25, 0.3) is 0 Å². The normalized spacial score (nSPS) is 11.6. The van der Waals surface area contributed by atoms with Gasteiger partial charge in [0.1, 0.15) is 5.75 Å². The Bertz CT molecular complexity index is 925. The van der Waals surface area contributed by atoms with Crippen molar-refractivity contribution in [3.05, 3.63) is 50.7 Å². The van der Waals surface area contributed by atoms with E-state index in [1.54, 1.807) is 36.7 Å². The molecule has 0 radical (unpaired) electrons. The fourth-order valence-corrected chi connectivity index (χ4v) is 3.92. The van der Waals surface area contributed by atoms with Gasteiger partial charge in [0.25, 0.3) is 5.91 Å². The highest BCUT2D eigenvalue weighted by Crippen LogP contribution is 2.31. The van der Waals surface area contributed by atoms with Crippen molar-refractivity contribution in [2.24, 2.45) is 5.73 Å². The van der Waals surface area contributed by atoms with Crippen molar-refractivity contribution in [1.29, 1.82) is 0 Å². The predicted octanol–water partition coefficient (Wildman–Crippen LogP) is 2.07. The largest absolute Gasteiger partial charge is 0.507 e. The summed E-state index contributed by atoms with van der Waals surface area (Å²) in [6.07, 6.45) is -0.147. The molecule has 1 atom stereocenters.